The number of halogens is 3. The summed E-state index contributed by atoms with van der Waals surface area (Å²) in [7, 11) is 0. The van der Waals surface area contributed by atoms with Gasteiger partial charge in [-0.25, -0.2) is 9.18 Å². The fraction of sp³-hybridized carbons (Fsp3) is 0.111. The first kappa shape index (κ1) is 13.5. The maximum Gasteiger partial charge on any atom is 0.318 e. The van der Waals surface area contributed by atoms with E-state index in [0.29, 0.717) is 5.69 Å². The predicted molar refractivity (Wildman–Crippen MR) is 62.6 cm³/mol. The molecule has 1 aromatic rings. The molecule has 8 heteroatoms. The van der Waals surface area contributed by atoms with Crippen molar-refractivity contribution in [3.05, 3.63) is 28.0 Å². The molecule has 0 atom stereocenters. The van der Waals surface area contributed by atoms with Crippen molar-refractivity contribution in [3.8, 4) is 0 Å². The molecule has 17 heavy (non-hydrogen) atoms. The topological polar surface area (TPSA) is 84.2 Å². The second kappa shape index (κ2) is 5.70. The fourth-order valence-electron chi connectivity index (χ4n) is 1.02. The summed E-state index contributed by atoms with van der Waals surface area (Å²) in [6, 6.07) is 1.58. The molecule has 1 aromatic carbocycles. The molecule has 1 rings (SSSR count). The van der Waals surface area contributed by atoms with Crippen molar-refractivity contribution in [2.75, 3.05) is 11.9 Å². The first-order valence-electron chi connectivity index (χ1n) is 4.38. The molecule has 0 spiro atoms. The maximum absolute atomic E-state index is 13.0. The summed E-state index contributed by atoms with van der Waals surface area (Å²) >= 11 is 11.1. The number of amides is 3. The molecule has 0 bridgehead atoms. The monoisotopic (exact) mass is 279 g/mol. The first-order chi connectivity index (χ1) is 7.90. The zero-order valence-corrected chi connectivity index (χ0v) is 9.90. The van der Waals surface area contributed by atoms with E-state index in [-0.39, 0.29) is 16.6 Å². The third-order valence-corrected chi connectivity index (χ3v) is 2.25. The van der Waals surface area contributed by atoms with E-state index in [2.05, 4.69) is 5.32 Å². The molecular formula is C9H8Cl2FN3O2. The van der Waals surface area contributed by atoms with E-state index in [1.807, 2.05) is 5.32 Å². The zero-order chi connectivity index (χ0) is 13.0. The Balaban J connectivity index is 2.64. The highest BCUT2D eigenvalue weighted by Gasteiger charge is 2.09. The number of nitrogens with two attached hydrogens (primary N) is 1. The number of carbonyl (C=O) groups excluding carboxylic acids is 2. The van der Waals surface area contributed by atoms with Crippen LogP contribution in [-0.4, -0.2) is 18.5 Å². The predicted octanol–water partition coefficient (Wildman–Crippen LogP) is 1.74. The van der Waals surface area contributed by atoms with Gasteiger partial charge in [-0.2, -0.15) is 0 Å². The van der Waals surface area contributed by atoms with Gasteiger partial charge in [-0.15, -0.1) is 0 Å². The van der Waals surface area contributed by atoms with Crippen LogP contribution in [0.25, 0.3) is 0 Å². The van der Waals surface area contributed by atoms with Gasteiger partial charge in [-0.1, -0.05) is 23.2 Å². The third kappa shape index (κ3) is 4.08. The van der Waals surface area contributed by atoms with Crippen LogP contribution < -0.4 is 16.4 Å². The van der Waals surface area contributed by atoms with Crippen molar-refractivity contribution < 1.29 is 14.0 Å². The number of primary amides is 1. The summed E-state index contributed by atoms with van der Waals surface area (Å²) in [4.78, 5) is 21.4. The van der Waals surface area contributed by atoms with E-state index >= 15 is 0 Å². The van der Waals surface area contributed by atoms with Gasteiger partial charge in [0.05, 0.1) is 16.6 Å². The van der Waals surface area contributed by atoms with E-state index in [9.17, 15) is 14.0 Å². The minimum atomic E-state index is -0.952. The smallest absolute Gasteiger partial charge is 0.318 e. The Kier molecular flexibility index (Phi) is 4.53. The largest absolute Gasteiger partial charge is 0.376 e. The summed E-state index contributed by atoms with van der Waals surface area (Å²) in [6.07, 6.45) is 0. The molecule has 0 radical (unpaired) electrons. The number of benzene rings is 1. The average Bonchev–Trinajstić information content (AvgIpc) is 2.22. The molecule has 0 aliphatic heterocycles. The second-order valence-electron chi connectivity index (χ2n) is 3.02. The highest BCUT2D eigenvalue weighted by Crippen LogP contribution is 2.27. The minimum Gasteiger partial charge on any atom is -0.376 e. The lowest BCUT2D eigenvalue weighted by molar-refractivity contribution is -0.118. The van der Waals surface area contributed by atoms with Crippen molar-refractivity contribution >= 4 is 40.8 Å². The van der Waals surface area contributed by atoms with E-state index in [1.165, 1.54) is 12.1 Å². The molecule has 3 amide bonds. The maximum atomic E-state index is 13.0. The Morgan fingerprint density at radius 2 is 1.82 bits per heavy atom. The molecule has 0 unspecified atom stereocenters. The fourth-order valence-corrected chi connectivity index (χ4v) is 1.51. The number of carbonyl (C=O) groups is 2. The second-order valence-corrected chi connectivity index (χ2v) is 3.83. The third-order valence-electron chi connectivity index (χ3n) is 1.70. The molecule has 0 aromatic heterocycles. The molecule has 0 saturated heterocycles. The van der Waals surface area contributed by atoms with Gasteiger partial charge in [0, 0.05) is 5.69 Å². The van der Waals surface area contributed by atoms with E-state index in [1.54, 1.807) is 0 Å². The van der Waals surface area contributed by atoms with Gasteiger partial charge in [-0.3, -0.25) is 10.1 Å². The lowest BCUT2D eigenvalue weighted by atomic mass is 10.3. The number of imide groups is 1. The summed E-state index contributed by atoms with van der Waals surface area (Å²) in [5.41, 5.74) is 5.09. The average molecular weight is 280 g/mol. The number of urea groups is 1. The van der Waals surface area contributed by atoms with Crippen LogP contribution in [0.3, 0.4) is 0 Å². The van der Waals surface area contributed by atoms with Crippen molar-refractivity contribution in [1.82, 2.24) is 5.32 Å². The molecule has 0 heterocycles. The van der Waals surface area contributed by atoms with Crippen LogP contribution in [0.4, 0.5) is 14.9 Å². The van der Waals surface area contributed by atoms with Crippen molar-refractivity contribution in [2.45, 2.75) is 0 Å². The molecule has 92 valence electrons. The molecule has 0 aliphatic rings. The van der Waals surface area contributed by atoms with Crippen molar-refractivity contribution in [1.29, 1.82) is 0 Å². The quantitative estimate of drug-likeness (QED) is 0.737. The van der Waals surface area contributed by atoms with Gasteiger partial charge in [0.25, 0.3) is 0 Å². The van der Waals surface area contributed by atoms with Gasteiger partial charge in [-0.05, 0) is 12.1 Å². The van der Waals surface area contributed by atoms with Crippen LogP contribution in [0.1, 0.15) is 0 Å². The Morgan fingerprint density at radius 3 is 2.29 bits per heavy atom. The standard InChI is InChI=1S/C9H8Cl2FN3O2/c10-5-1-4(2-6(11)8(5)12)14-3-7(16)15-9(13)17/h1-2,14H,3H2,(H3,13,15,16,17). The molecule has 0 fully saturated rings. The van der Waals surface area contributed by atoms with Gasteiger partial charge in [0.15, 0.2) is 5.82 Å². The summed E-state index contributed by atoms with van der Waals surface area (Å²) in [5.74, 6) is -1.37. The number of hydrogen-bond donors (Lipinski definition) is 3. The van der Waals surface area contributed by atoms with Crippen LogP contribution in [0.5, 0.6) is 0 Å². The Bertz CT molecular complexity index is 445. The zero-order valence-electron chi connectivity index (χ0n) is 8.39. The molecule has 0 aliphatic carbocycles. The Hall–Kier alpha value is -1.53. The highest BCUT2D eigenvalue weighted by molar-refractivity contribution is 6.35. The highest BCUT2D eigenvalue weighted by atomic mass is 35.5. The Labute approximate surface area is 106 Å². The van der Waals surface area contributed by atoms with E-state index < -0.39 is 17.8 Å². The van der Waals surface area contributed by atoms with Gasteiger partial charge >= 0.3 is 6.03 Å². The van der Waals surface area contributed by atoms with Gasteiger partial charge < -0.3 is 11.1 Å². The molecule has 4 N–H and O–H groups in total. The van der Waals surface area contributed by atoms with Gasteiger partial charge in [0.1, 0.15) is 0 Å². The van der Waals surface area contributed by atoms with Crippen LogP contribution in [0.2, 0.25) is 10.0 Å². The summed E-state index contributed by atoms with van der Waals surface area (Å²) < 4.78 is 13.0. The lowest BCUT2D eigenvalue weighted by Gasteiger charge is -2.07. The Morgan fingerprint density at radius 1 is 1.29 bits per heavy atom. The minimum absolute atomic E-state index is 0.171. The summed E-state index contributed by atoms with van der Waals surface area (Å²) in [5, 5.41) is 4.11. The molecule has 0 saturated carbocycles. The van der Waals surface area contributed by atoms with Crippen LogP contribution >= 0.6 is 23.2 Å². The van der Waals surface area contributed by atoms with Crippen molar-refractivity contribution in [2.24, 2.45) is 5.73 Å². The van der Waals surface area contributed by atoms with E-state index in [4.69, 9.17) is 28.9 Å². The molecular weight excluding hydrogens is 272 g/mol. The van der Waals surface area contributed by atoms with Gasteiger partial charge in [0.2, 0.25) is 5.91 Å². The molecule has 5 nitrogen and oxygen atoms in total. The number of nitrogens with one attached hydrogen (secondary N) is 2. The lowest BCUT2D eigenvalue weighted by Crippen LogP contribution is -2.38. The first-order valence-corrected chi connectivity index (χ1v) is 5.13. The van der Waals surface area contributed by atoms with Crippen LogP contribution in [0, 0.1) is 5.82 Å². The number of rotatable bonds is 3. The number of anilines is 1. The van der Waals surface area contributed by atoms with Crippen LogP contribution in [0.15, 0.2) is 12.1 Å². The van der Waals surface area contributed by atoms with Crippen LogP contribution in [-0.2, 0) is 4.79 Å². The SMILES string of the molecule is NC(=O)NC(=O)CNc1cc(Cl)c(F)c(Cl)c1. The number of hydrogen-bond acceptors (Lipinski definition) is 3. The van der Waals surface area contributed by atoms with Crippen molar-refractivity contribution in [3.63, 3.8) is 0 Å². The summed E-state index contributed by atoms with van der Waals surface area (Å²) in [6.45, 7) is -0.221. The normalized spacial score (nSPS) is 9.82. The van der Waals surface area contributed by atoms with E-state index in [0.717, 1.165) is 0 Å².